The Morgan fingerprint density at radius 2 is 1.70 bits per heavy atom. The molecule has 20 heavy (non-hydrogen) atoms. The van der Waals surface area contributed by atoms with Crippen molar-refractivity contribution in [2.75, 3.05) is 7.05 Å². The first-order chi connectivity index (χ1) is 9.67. The van der Waals surface area contributed by atoms with Crippen LogP contribution in [0.2, 0.25) is 5.02 Å². The highest BCUT2D eigenvalue weighted by molar-refractivity contribution is 6.30. The van der Waals surface area contributed by atoms with Gasteiger partial charge < -0.3 is 0 Å². The highest BCUT2D eigenvalue weighted by Gasteiger charge is 2.32. The summed E-state index contributed by atoms with van der Waals surface area (Å²) in [6, 6.07) is 18.3. The molecule has 2 aromatic carbocycles. The highest BCUT2D eigenvalue weighted by Crippen LogP contribution is 2.24. The van der Waals surface area contributed by atoms with Crippen molar-refractivity contribution in [2.45, 2.75) is 6.54 Å². The first-order valence-electron chi connectivity index (χ1n) is 6.58. The molecule has 2 nitrogen and oxygen atoms in total. The van der Waals surface area contributed by atoms with Crippen molar-refractivity contribution >= 4 is 17.4 Å². The minimum Gasteiger partial charge on any atom is -0.245 e. The molecule has 1 atom stereocenters. The second-order valence-corrected chi connectivity index (χ2v) is 5.61. The fraction of sp³-hybridized carbons (Fsp3) is 0.118. The molecule has 100 valence electrons. The molecule has 0 spiro atoms. The summed E-state index contributed by atoms with van der Waals surface area (Å²) in [6.45, 7) is 0.888. The van der Waals surface area contributed by atoms with E-state index < -0.39 is 0 Å². The largest absolute Gasteiger partial charge is 0.245 e. The number of amidine groups is 1. The summed E-state index contributed by atoms with van der Waals surface area (Å²) in [5.41, 5.74) is 2.40. The van der Waals surface area contributed by atoms with Crippen LogP contribution in [0.3, 0.4) is 0 Å². The lowest BCUT2D eigenvalue weighted by Crippen LogP contribution is -2.42. The van der Waals surface area contributed by atoms with Crippen LogP contribution in [0.25, 0.3) is 0 Å². The van der Waals surface area contributed by atoms with E-state index in [1.807, 2.05) is 36.5 Å². The maximum absolute atomic E-state index is 5.96. The van der Waals surface area contributed by atoms with Crippen molar-refractivity contribution in [3.8, 4) is 0 Å². The molecule has 0 radical (unpaired) electrons. The molecule has 0 aromatic heterocycles. The zero-order chi connectivity index (χ0) is 14.0. The second kappa shape index (κ2) is 5.23. The highest BCUT2D eigenvalue weighted by atomic mass is 35.5. The summed E-state index contributed by atoms with van der Waals surface area (Å²) < 4.78 is 0.672. The third kappa shape index (κ3) is 2.53. The Hall–Kier alpha value is -1.90. The van der Waals surface area contributed by atoms with Crippen LogP contribution in [-0.2, 0) is 6.54 Å². The van der Waals surface area contributed by atoms with Gasteiger partial charge in [-0.15, -0.1) is 0 Å². The molecule has 0 amide bonds. The molecule has 2 aromatic rings. The van der Waals surface area contributed by atoms with E-state index in [0.717, 1.165) is 23.0 Å². The molecule has 3 rings (SSSR count). The van der Waals surface area contributed by atoms with E-state index in [4.69, 9.17) is 11.6 Å². The number of benzene rings is 2. The maximum Gasteiger partial charge on any atom is 0.239 e. The fourth-order valence-corrected chi connectivity index (χ4v) is 2.64. The van der Waals surface area contributed by atoms with Crippen molar-refractivity contribution in [1.82, 2.24) is 0 Å². The first kappa shape index (κ1) is 13.1. The number of aliphatic imine (C=N–C) groups is 1. The van der Waals surface area contributed by atoms with Gasteiger partial charge in [0, 0.05) is 10.6 Å². The van der Waals surface area contributed by atoms with Crippen molar-refractivity contribution in [1.29, 1.82) is 0 Å². The van der Waals surface area contributed by atoms with Crippen molar-refractivity contribution < 1.29 is 4.48 Å². The van der Waals surface area contributed by atoms with Gasteiger partial charge in [0.15, 0.2) is 0 Å². The van der Waals surface area contributed by atoms with Gasteiger partial charge in [0.2, 0.25) is 5.84 Å². The molecule has 0 aliphatic carbocycles. The average Bonchev–Trinajstić information content (AvgIpc) is 2.82. The van der Waals surface area contributed by atoms with Crippen LogP contribution in [0.15, 0.2) is 72.0 Å². The first-order valence-corrected chi connectivity index (χ1v) is 6.96. The number of hydrogen-bond acceptors (Lipinski definition) is 1. The molecule has 0 N–H and O–H groups in total. The van der Waals surface area contributed by atoms with Gasteiger partial charge in [0.05, 0.1) is 18.8 Å². The quantitative estimate of drug-likeness (QED) is 0.748. The minimum atomic E-state index is 0.672. The fourth-order valence-electron chi connectivity index (χ4n) is 2.51. The van der Waals surface area contributed by atoms with E-state index in [0.29, 0.717) is 4.48 Å². The Kier molecular flexibility index (Phi) is 3.43. The summed E-state index contributed by atoms with van der Waals surface area (Å²) in [5, 5.41) is 0.748. The summed E-state index contributed by atoms with van der Waals surface area (Å²) in [6.07, 6.45) is 4.00. The SMILES string of the molecule is C[N+]1(Cc2ccccc2)C=CN=C1c1ccc(Cl)cc1. The zero-order valence-corrected chi connectivity index (χ0v) is 12.1. The molecule has 0 saturated carbocycles. The van der Waals surface area contributed by atoms with Gasteiger partial charge in [-0.25, -0.2) is 4.48 Å². The molecule has 1 unspecified atom stereocenters. The smallest absolute Gasteiger partial charge is 0.239 e. The lowest BCUT2D eigenvalue weighted by atomic mass is 10.1. The maximum atomic E-state index is 5.96. The van der Waals surface area contributed by atoms with Crippen LogP contribution in [0.4, 0.5) is 0 Å². The van der Waals surface area contributed by atoms with Gasteiger partial charge in [-0.2, -0.15) is 4.99 Å². The van der Waals surface area contributed by atoms with Gasteiger partial charge in [0.1, 0.15) is 12.7 Å². The molecule has 0 saturated heterocycles. The molecule has 3 heteroatoms. The van der Waals surface area contributed by atoms with Gasteiger partial charge in [0.25, 0.3) is 0 Å². The summed E-state index contributed by atoms with van der Waals surface area (Å²) in [5.74, 6) is 1.05. The molecule has 1 heterocycles. The van der Waals surface area contributed by atoms with Crippen molar-refractivity contribution in [3.63, 3.8) is 0 Å². The number of hydrogen-bond donors (Lipinski definition) is 0. The lowest BCUT2D eigenvalue weighted by molar-refractivity contribution is -0.777. The average molecular weight is 284 g/mol. The van der Waals surface area contributed by atoms with Gasteiger partial charge in [-0.1, -0.05) is 41.9 Å². The van der Waals surface area contributed by atoms with E-state index in [9.17, 15) is 0 Å². The Labute approximate surface area is 124 Å². The van der Waals surface area contributed by atoms with Crippen LogP contribution in [0.5, 0.6) is 0 Å². The summed E-state index contributed by atoms with van der Waals surface area (Å²) >= 11 is 5.96. The Bertz CT molecular complexity index is 659. The number of halogens is 1. The van der Waals surface area contributed by atoms with Crippen LogP contribution in [-0.4, -0.2) is 17.4 Å². The predicted molar refractivity (Wildman–Crippen MR) is 83.5 cm³/mol. The van der Waals surface area contributed by atoms with Crippen LogP contribution in [0.1, 0.15) is 11.1 Å². The zero-order valence-electron chi connectivity index (χ0n) is 11.3. The Balaban J connectivity index is 1.91. The van der Waals surface area contributed by atoms with E-state index in [1.54, 1.807) is 0 Å². The van der Waals surface area contributed by atoms with E-state index in [1.165, 1.54) is 5.56 Å². The molecule has 1 aliphatic heterocycles. The third-order valence-electron chi connectivity index (χ3n) is 3.53. The van der Waals surface area contributed by atoms with Gasteiger partial charge >= 0.3 is 0 Å². The second-order valence-electron chi connectivity index (χ2n) is 5.17. The standard InChI is InChI=1S/C17H16ClN2/c1-20(13-14-5-3-2-4-6-14)12-11-19-17(20)15-7-9-16(18)10-8-15/h2-12H,13H2,1H3/q+1. The summed E-state index contributed by atoms with van der Waals surface area (Å²) in [4.78, 5) is 4.55. The molecule has 1 aliphatic rings. The molecular weight excluding hydrogens is 268 g/mol. The van der Waals surface area contributed by atoms with Crippen LogP contribution < -0.4 is 0 Å². The van der Waals surface area contributed by atoms with Crippen molar-refractivity contribution in [3.05, 3.63) is 83.1 Å². The molecular formula is C17H16ClN2+. The molecule has 0 fully saturated rings. The Morgan fingerprint density at radius 3 is 2.40 bits per heavy atom. The number of rotatable bonds is 3. The predicted octanol–water partition coefficient (Wildman–Crippen LogP) is 4.22. The Morgan fingerprint density at radius 1 is 1.00 bits per heavy atom. The van der Waals surface area contributed by atoms with E-state index in [2.05, 4.69) is 42.5 Å². The third-order valence-corrected chi connectivity index (χ3v) is 3.78. The van der Waals surface area contributed by atoms with E-state index >= 15 is 0 Å². The van der Waals surface area contributed by atoms with Crippen molar-refractivity contribution in [2.24, 2.45) is 4.99 Å². The number of quaternary nitrogens is 1. The minimum absolute atomic E-state index is 0.672. The van der Waals surface area contributed by atoms with E-state index in [-0.39, 0.29) is 0 Å². The van der Waals surface area contributed by atoms with Gasteiger partial charge in [-0.3, -0.25) is 0 Å². The summed E-state index contributed by atoms with van der Waals surface area (Å²) in [7, 11) is 2.17. The van der Waals surface area contributed by atoms with Gasteiger partial charge in [-0.05, 0) is 24.3 Å². The molecule has 0 bridgehead atoms. The van der Waals surface area contributed by atoms with Crippen LogP contribution in [0, 0.1) is 0 Å². The van der Waals surface area contributed by atoms with Crippen LogP contribution >= 0.6 is 11.6 Å². The number of nitrogens with zero attached hydrogens (tertiary/aromatic N) is 2. The topological polar surface area (TPSA) is 12.4 Å². The lowest BCUT2D eigenvalue weighted by Gasteiger charge is -2.27. The normalized spacial score (nSPS) is 21.0. The monoisotopic (exact) mass is 283 g/mol.